The molecule has 0 amide bonds. The molecule has 0 aromatic carbocycles. The van der Waals surface area contributed by atoms with Crippen molar-refractivity contribution >= 4 is 58.6 Å². The van der Waals surface area contributed by atoms with Crippen molar-refractivity contribution in [2.45, 2.75) is 33.4 Å². The van der Waals surface area contributed by atoms with Gasteiger partial charge >= 0.3 is 5.97 Å². The average Bonchev–Trinajstić information content (AvgIpc) is 3.20. The third-order valence-corrected chi connectivity index (χ3v) is 5.31. The predicted molar refractivity (Wildman–Crippen MR) is 114 cm³/mol. The number of thiophene rings is 1. The second kappa shape index (κ2) is 10.7. The monoisotopic (exact) mass is 494 g/mol. The summed E-state index contributed by atoms with van der Waals surface area (Å²) in [5.41, 5.74) is 1.91. The van der Waals surface area contributed by atoms with Crippen molar-refractivity contribution in [3.63, 3.8) is 0 Å². The van der Waals surface area contributed by atoms with Crippen LogP contribution < -0.4 is 10.6 Å². The second-order valence-electron chi connectivity index (χ2n) is 5.11. The zero-order valence-corrected chi connectivity index (χ0v) is 18.6. The molecule has 6 nitrogen and oxygen atoms in total. The highest BCUT2D eigenvalue weighted by Crippen LogP contribution is 2.24. The first-order chi connectivity index (χ1) is 11.5. The van der Waals surface area contributed by atoms with Crippen LogP contribution in [0, 0.1) is 6.92 Å². The number of hydrogen-bond donors (Lipinski definition) is 2. The van der Waals surface area contributed by atoms with Gasteiger partial charge in [-0.1, -0.05) is 0 Å². The van der Waals surface area contributed by atoms with Gasteiger partial charge in [-0.3, -0.25) is 4.99 Å². The topological polar surface area (TPSA) is 75.6 Å². The maximum Gasteiger partial charge on any atom is 0.350 e. The Morgan fingerprint density at radius 2 is 2.24 bits per heavy atom. The van der Waals surface area contributed by atoms with E-state index in [4.69, 9.17) is 4.74 Å². The molecule has 2 rings (SSSR count). The number of nitrogens with one attached hydrogen (secondary N) is 2. The first kappa shape index (κ1) is 21.8. The Kier molecular flexibility index (Phi) is 9.36. The fourth-order valence-electron chi connectivity index (χ4n) is 2.03. The Hall–Kier alpha value is -1.20. The molecule has 0 saturated heterocycles. The Morgan fingerprint density at radius 3 is 2.84 bits per heavy atom. The number of nitrogens with zero attached hydrogens (tertiary/aromatic N) is 2. The highest BCUT2D eigenvalue weighted by molar-refractivity contribution is 14.0. The van der Waals surface area contributed by atoms with E-state index in [-0.39, 0.29) is 36.0 Å². The molecule has 1 atom stereocenters. The van der Waals surface area contributed by atoms with Crippen LogP contribution in [0.15, 0.2) is 21.8 Å². The van der Waals surface area contributed by atoms with E-state index in [0.717, 1.165) is 5.01 Å². The van der Waals surface area contributed by atoms with Crippen LogP contribution in [0.5, 0.6) is 0 Å². The fourth-order valence-corrected chi connectivity index (χ4v) is 3.66. The van der Waals surface area contributed by atoms with Crippen LogP contribution in [-0.4, -0.2) is 30.6 Å². The van der Waals surface area contributed by atoms with Crippen molar-refractivity contribution in [2.75, 3.05) is 13.7 Å². The summed E-state index contributed by atoms with van der Waals surface area (Å²) < 4.78 is 5.06. The maximum absolute atomic E-state index is 11.9. The largest absolute Gasteiger partial charge is 0.462 e. The second-order valence-corrected chi connectivity index (χ2v) is 6.92. The third kappa shape index (κ3) is 6.23. The van der Waals surface area contributed by atoms with Crippen molar-refractivity contribution < 1.29 is 9.53 Å². The SMILES string of the molecule is CCOC(=O)c1sc(C(C)NC(=NC)NCc2ccsc2)nc1C.I. The van der Waals surface area contributed by atoms with Crippen molar-refractivity contribution in [3.05, 3.63) is 38.0 Å². The molecule has 0 spiro atoms. The number of rotatable bonds is 6. The van der Waals surface area contributed by atoms with Crippen LogP contribution in [0.1, 0.15) is 45.8 Å². The smallest absolute Gasteiger partial charge is 0.350 e. The lowest BCUT2D eigenvalue weighted by Crippen LogP contribution is -2.38. The molecule has 9 heteroatoms. The number of thiazole rings is 1. The Labute approximate surface area is 173 Å². The number of aliphatic imine (C=N–C) groups is 1. The van der Waals surface area contributed by atoms with Crippen LogP contribution in [0.3, 0.4) is 0 Å². The van der Waals surface area contributed by atoms with E-state index in [1.54, 1.807) is 25.3 Å². The molecule has 2 aromatic heterocycles. The van der Waals surface area contributed by atoms with Crippen LogP contribution in [0.4, 0.5) is 0 Å². The molecule has 2 N–H and O–H groups in total. The van der Waals surface area contributed by atoms with Crippen LogP contribution in [0.2, 0.25) is 0 Å². The Balaban J connectivity index is 0.00000312. The first-order valence-corrected chi connectivity index (χ1v) is 9.43. The summed E-state index contributed by atoms with van der Waals surface area (Å²) in [6.07, 6.45) is 0. The van der Waals surface area contributed by atoms with E-state index >= 15 is 0 Å². The maximum atomic E-state index is 11.9. The zero-order chi connectivity index (χ0) is 17.5. The highest BCUT2D eigenvalue weighted by atomic mass is 127. The van der Waals surface area contributed by atoms with Gasteiger partial charge in [-0.15, -0.1) is 35.3 Å². The van der Waals surface area contributed by atoms with E-state index in [2.05, 4.69) is 32.1 Å². The highest BCUT2D eigenvalue weighted by Gasteiger charge is 2.20. The summed E-state index contributed by atoms with van der Waals surface area (Å²) >= 11 is 3.02. The summed E-state index contributed by atoms with van der Waals surface area (Å²) in [5, 5.41) is 11.5. The minimum absolute atomic E-state index is 0. The summed E-state index contributed by atoms with van der Waals surface area (Å²) in [7, 11) is 1.73. The molecular weight excluding hydrogens is 471 g/mol. The van der Waals surface area contributed by atoms with Gasteiger partial charge < -0.3 is 15.4 Å². The number of hydrogen-bond acceptors (Lipinski definition) is 6. The van der Waals surface area contributed by atoms with Gasteiger partial charge in [-0.05, 0) is 43.2 Å². The molecule has 0 bridgehead atoms. The van der Waals surface area contributed by atoms with Crippen LogP contribution >= 0.6 is 46.7 Å². The van der Waals surface area contributed by atoms with E-state index < -0.39 is 0 Å². The fraction of sp³-hybridized carbons (Fsp3) is 0.438. The molecule has 0 radical (unpaired) electrons. The Bertz CT molecular complexity index is 701. The lowest BCUT2D eigenvalue weighted by Gasteiger charge is -2.15. The molecule has 2 heterocycles. The van der Waals surface area contributed by atoms with Crippen molar-refractivity contribution in [2.24, 2.45) is 4.99 Å². The van der Waals surface area contributed by atoms with Gasteiger partial charge in [0.1, 0.15) is 9.88 Å². The summed E-state index contributed by atoms with van der Waals surface area (Å²) in [4.78, 5) is 21.2. The number of halogens is 1. The standard InChI is InChI=1S/C16H22N4O2S2.HI/c1-5-22-15(21)13-10(2)19-14(24-13)11(3)20-16(17-4)18-8-12-6-7-23-9-12;/h6-7,9,11H,5,8H2,1-4H3,(H2,17,18,20);1H. The molecular formula is C16H23IN4O2S2. The normalized spacial score (nSPS) is 12.2. The molecule has 0 aliphatic rings. The Morgan fingerprint density at radius 1 is 1.48 bits per heavy atom. The molecule has 25 heavy (non-hydrogen) atoms. The molecule has 0 aliphatic heterocycles. The molecule has 1 unspecified atom stereocenters. The van der Waals surface area contributed by atoms with Gasteiger partial charge in [0.2, 0.25) is 0 Å². The van der Waals surface area contributed by atoms with Gasteiger partial charge in [0.15, 0.2) is 5.96 Å². The lowest BCUT2D eigenvalue weighted by atomic mass is 10.3. The number of esters is 1. The minimum Gasteiger partial charge on any atom is -0.462 e. The van der Waals surface area contributed by atoms with E-state index in [1.165, 1.54) is 16.9 Å². The quantitative estimate of drug-likeness (QED) is 0.277. The number of guanidine groups is 1. The number of carbonyl (C=O) groups is 1. The van der Waals surface area contributed by atoms with Gasteiger partial charge in [-0.2, -0.15) is 11.3 Å². The van der Waals surface area contributed by atoms with Crippen LogP contribution in [0.25, 0.3) is 0 Å². The molecule has 138 valence electrons. The zero-order valence-electron chi connectivity index (χ0n) is 14.7. The number of ether oxygens (including phenoxy) is 1. The number of aryl methyl sites for hydroxylation is 1. The summed E-state index contributed by atoms with van der Waals surface area (Å²) in [5.74, 6) is 0.380. The molecule has 0 fully saturated rings. The van der Waals surface area contributed by atoms with E-state index in [0.29, 0.717) is 29.7 Å². The summed E-state index contributed by atoms with van der Waals surface area (Å²) in [6, 6.07) is 2.01. The van der Waals surface area contributed by atoms with Gasteiger partial charge in [0.25, 0.3) is 0 Å². The minimum atomic E-state index is -0.314. The van der Waals surface area contributed by atoms with Crippen molar-refractivity contribution in [1.29, 1.82) is 0 Å². The molecule has 0 aliphatic carbocycles. The van der Waals surface area contributed by atoms with Crippen LogP contribution in [-0.2, 0) is 11.3 Å². The van der Waals surface area contributed by atoms with E-state index in [9.17, 15) is 4.79 Å². The van der Waals surface area contributed by atoms with Crippen molar-refractivity contribution in [3.8, 4) is 0 Å². The van der Waals surface area contributed by atoms with Crippen molar-refractivity contribution in [1.82, 2.24) is 15.6 Å². The van der Waals surface area contributed by atoms with Gasteiger partial charge in [0, 0.05) is 13.6 Å². The van der Waals surface area contributed by atoms with Gasteiger partial charge in [-0.25, -0.2) is 9.78 Å². The lowest BCUT2D eigenvalue weighted by molar-refractivity contribution is 0.0531. The summed E-state index contributed by atoms with van der Waals surface area (Å²) in [6.45, 7) is 6.68. The van der Waals surface area contributed by atoms with Gasteiger partial charge in [0.05, 0.1) is 18.3 Å². The number of aromatic nitrogens is 1. The predicted octanol–water partition coefficient (Wildman–Crippen LogP) is 3.73. The average molecular weight is 494 g/mol. The first-order valence-electron chi connectivity index (χ1n) is 7.67. The molecule has 0 saturated carbocycles. The third-order valence-electron chi connectivity index (χ3n) is 3.26. The van der Waals surface area contributed by atoms with E-state index in [1.807, 2.05) is 19.2 Å². The number of carbonyl (C=O) groups excluding carboxylic acids is 1. The molecule has 2 aromatic rings.